The van der Waals surface area contributed by atoms with Gasteiger partial charge in [0.2, 0.25) is 11.8 Å². The number of ether oxygens (including phenoxy) is 2. The third kappa shape index (κ3) is 13.7. The quantitative estimate of drug-likeness (QED) is 0.166. The molecule has 1 aromatic rings. The predicted octanol–water partition coefficient (Wildman–Crippen LogP) is 2.67. The molecule has 2 unspecified atom stereocenters. The van der Waals surface area contributed by atoms with E-state index in [4.69, 9.17) is 15.2 Å². The number of amides is 4. The zero-order valence-electron chi connectivity index (χ0n) is 22.8. The van der Waals surface area contributed by atoms with Crippen LogP contribution in [0.25, 0.3) is 0 Å². The SMILES string of the molecule is CCCOCCC(=O)NC(C(=O)CC(CCCNC(N)=O)C(=O)Nc1ccc(COC(C)=O)cc1)C(C)C. The molecule has 11 heteroatoms. The largest absolute Gasteiger partial charge is 0.461 e. The number of nitrogens with one attached hydrogen (secondary N) is 3. The van der Waals surface area contributed by atoms with E-state index in [1.54, 1.807) is 24.3 Å². The van der Waals surface area contributed by atoms with E-state index in [1.807, 2.05) is 20.8 Å². The van der Waals surface area contributed by atoms with Crippen molar-refractivity contribution in [1.82, 2.24) is 10.6 Å². The van der Waals surface area contributed by atoms with Gasteiger partial charge in [-0.15, -0.1) is 0 Å². The molecule has 0 aliphatic heterocycles. The maximum absolute atomic E-state index is 13.2. The average Bonchev–Trinajstić information content (AvgIpc) is 2.86. The molecule has 0 bridgehead atoms. The molecule has 0 radical (unpaired) electrons. The fourth-order valence-electron chi connectivity index (χ4n) is 3.65. The lowest BCUT2D eigenvalue weighted by molar-refractivity contribution is -0.142. The van der Waals surface area contributed by atoms with Crippen molar-refractivity contribution >= 4 is 35.3 Å². The summed E-state index contributed by atoms with van der Waals surface area (Å²) in [5.74, 6) is -2.14. The molecule has 38 heavy (non-hydrogen) atoms. The third-order valence-corrected chi connectivity index (χ3v) is 5.66. The number of nitrogens with two attached hydrogens (primary N) is 1. The number of carbonyl (C=O) groups excluding carboxylic acids is 5. The van der Waals surface area contributed by atoms with E-state index in [9.17, 15) is 24.0 Å². The van der Waals surface area contributed by atoms with E-state index in [0.29, 0.717) is 25.1 Å². The zero-order valence-corrected chi connectivity index (χ0v) is 22.8. The van der Waals surface area contributed by atoms with Gasteiger partial charge in [-0.1, -0.05) is 32.9 Å². The van der Waals surface area contributed by atoms with Crippen molar-refractivity contribution < 1.29 is 33.4 Å². The van der Waals surface area contributed by atoms with Crippen LogP contribution in [0.2, 0.25) is 0 Å². The summed E-state index contributed by atoms with van der Waals surface area (Å²) >= 11 is 0. The van der Waals surface area contributed by atoms with Gasteiger partial charge in [0.05, 0.1) is 12.6 Å². The average molecular weight is 535 g/mol. The number of benzene rings is 1. The van der Waals surface area contributed by atoms with E-state index in [0.717, 1.165) is 12.0 Å². The monoisotopic (exact) mass is 534 g/mol. The Kier molecular flexibility index (Phi) is 15.3. The lowest BCUT2D eigenvalue weighted by Gasteiger charge is -2.24. The molecule has 4 amide bonds. The Morgan fingerprint density at radius 1 is 1.03 bits per heavy atom. The Morgan fingerprint density at radius 3 is 2.29 bits per heavy atom. The van der Waals surface area contributed by atoms with Crippen LogP contribution in [0, 0.1) is 11.8 Å². The van der Waals surface area contributed by atoms with Crippen LogP contribution in [0.5, 0.6) is 0 Å². The molecular weight excluding hydrogens is 492 g/mol. The second-order valence-electron chi connectivity index (χ2n) is 9.42. The molecule has 0 aromatic heterocycles. The fourth-order valence-corrected chi connectivity index (χ4v) is 3.65. The van der Waals surface area contributed by atoms with Crippen molar-refractivity contribution in [3.8, 4) is 0 Å². The molecule has 2 atom stereocenters. The number of carbonyl (C=O) groups is 5. The van der Waals surface area contributed by atoms with Crippen molar-refractivity contribution in [3.05, 3.63) is 29.8 Å². The van der Waals surface area contributed by atoms with Crippen LogP contribution in [0.15, 0.2) is 24.3 Å². The predicted molar refractivity (Wildman–Crippen MR) is 143 cm³/mol. The standard InChI is InChI=1S/C27H42N4O7/c1-5-14-37-15-12-24(34)31-25(18(2)3)23(33)16-21(7-6-13-29-27(28)36)26(35)30-22-10-8-20(9-11-22)17-38-19(4)32/h8-11,18,21,25H,5-7,12-17H2,1-4H3,(H,30,35)(H,31,34)(H3,28,29,36). The molecule has 5 N–H and O–H groups in total. The maximum Gasteiger partial charge on any atom is 0.312 e. The highest BCUT2D eigenvalue weighted by molar-refractivity contribution is 5.97. The fraction of sp³-hybridized carbons (Fsp3) is 0.593. The van der Waals surface area contributed by atoms with Crippen LogP contribution >= 0.6 is 0 Å². The van der Waals surface area contributed by atoms with Crippen LogP contribution in [-0.4, -0.2) is 55.4 Å². The van der Waals surface area contributed by atoms with Gasteiger partial charge in [0.1, 0.15) is 6.61 Å². The minimum absolute atomic E-state index is 0.0810. The number of Topliss-reactive ketones (excluding diaryl/α,β-unsaturated/α-hetero) is 1. The molecule has 0 heterocycles. The van der Waals surface area contributed by atoms with Gasteiger partial charge in [0, 0.05) is 44.5 Å². The summed E-state index contributed by atoms with van der Waals surface area (Å²) < 4.78 is 10.3. The van der Waals surface area contributed by atoms with E-state index < -0.39 is 18.0 Å². The lowest BCUT2D eigenvalue weighted by Crippen LogP contribution is -2.45. The van der Waals surface area contributed by atoms with Crippen LogP contribution in [0.1, 0.15) is 65.4 Å². The Hall–Kier alpha value is -3.47. The van der Waals surface area contributed by atoms with Crippen molar-refractivity contribution in [1.29, 1.82) is 0 Å². The molecule has 0 spiro atoms. The van der Waals surface area contributed by atoms with Gasteiger partial charge >= 0.3 is 12.0 Å². The van der Waals surface area contributed by atoms with E-state index in [1.165, 1.54) is 6.92 Å². The number of primary amides is 1. The van der Waals surface area contributed by atoms with Crippen molar-refractivity contribution in [2.24, 2.45) is 17.6 Å². The Balaban J connectivity index is 2.86. The minimum Gasteiger partial charge on any atom is -0.461 e. The number of esters is 1. The van der Waals surface area contributed by atoms with Crippen molar-refractivity contribution in [2.45, 2.75) is 72.4 Å². The molecule has 0 fully saturated rings. The summed E-state index contributed by atoms with van der Waals surface area (Å²) in [4.78, 5) is 60.7. The lowest BCUT2D eigenvalue weighted by atomic mass is 9.89. The summed E-state index contributed by atoms with van der Waals surface area (Å²) in [6.07, 6.45) is 1.68. The summed E-state index contributed by atoms with van der Waals surface area (Å²) in [7, 11) is 0. The molecule has 1 aromatic carbocycles. The Bertz CT molecular complexity index is 919. The van der Waals surface area contributed by atoms with E-state index in [-0.39, 0.29) is 62.1 Å². The van der Waals surface area contributed by atoms with E-state index >= 15 is 0 Å². The highest BCUT2D eigenvalue weighted by Gasteiger charge is 2.29. The topological polar surface area (TPSA) is 166 Å². The van der Waals surface area contributed by atoms with Gasteiger partial charge in [-0.3, -0.25) is 19.2 Å². The molecule has 0 saturated carbocycles. The minimum atomic E-state index is -0.742. The summed E-state index contributed by atoms with van der Waals surface area (Å²) in [6.45, 7) is 8.20. The van der Waals surface area contributed by atoms with Crippen molar-refractivity contribution in [3.63, 3.8) is 0 Å². The molecule has 0 aliphatic rings. The normalized spacial score (nSPS) is 12.3. The van der Waals surface area contributed by atoms with Gasteiger partial charge in [-0.2, -0.15) is 0 Å². The van der Waals surface area contributed by atoms with E-state index in [2.05, 4.69) is 16.0 Å². The number of hydrogen-bond donors (Lipinski definition) is 4. The number of hydrogen-bond acceptors (Lipinski definition) is 7. The van der Waals surface area contributed by atoms with Gasteiger partial charge in [0.25, 0.3) is 0 Å². The third-order valence-electron chi connectivity index (χ3n) is 5.66. The zero-order chi connectivity index (χ0) is 28.5. The number of urea groups is 1. The van der Waals surface area contributed by atoms with Crippen molar-refractivity contribution in [2.75, 3.05) is 25.1 Å². The maximum atomic E-state index is 13.2. The second kappa shape index (κ2) is 17.9. The molecule has 1 rings (SSSR count). The van der Waals surface area contributed by atoms with Crippen LogP contribution in [0.3, 0.4) is 0 Å². The Labute approximate surface area is 224 Å². The number of ketones is 1. The first-order valence-electron chi connectivity index (χ1n) is 13.0. The van der Waals surface area contributed by atoms with Gasteiger partial charge in [0.15, 0.2) is 5.78 Å². The molecule has 0 saturated heterocycles. The highest BCUT2D eigenvalue weighted by Crippen LogP contribution is 2.19. The second-order valence-corrected chi connectivity index (χ2v) is 9.42. The number of anilines is 1. The summed E-state index contributed by atoms with van der Waals surface area (Å²) in [5, 5.41) is 8.09. The first-order chi connectivity index (χ1) is 18.0. The first-order valence-corrected chi connectivity index (χ1v) is 13.0. The summed E-state index contributed by atoms with van der Waals surface area (Å²) in [6, 6.07) is 5.41. The Morgan fingerprint density at radius 2 is 1.71 bits per heavy atom. The van der Waals surface area contributed by atoms with Crippen LogP contribution < -0.4 is 21.7 Å². The number of rotatable bonds is 18. The smallest absolute Gasteiger partial charge is 0.312 e. The molecule has 0 aliphatic carbocycles. The van der Waals surface area contributed by atoms with Gasteiger partial charge in [-0.05, 0) is 42.9 Å². The highest BCUT2D eigenvalue weighted by atomic mass is 16.5. The van der Waals surface area contributed by atoms with Crippen LogP contribution in [-0.2, 0) is 35.3 Å². The summed E-state index contributed by atoms with van der Waals surface area (Å²) in [5.41, 5.74) is 6.40. The van der Waals surface area contributed by atoms with Crippen LogP contribution in [0.4, 0.5) is 10.5 Å². The molecular formula is C27H42N4O7. The van der Waals surface area contributed by atoms with Gasteiger partial charge in [-0.25, -0.2) is 4.79 Å². The molecule has 212 valence electrons. The van der Waals surface area contributed by atoms with Gasteiger partial charge < -0.3 is 31.2 Å². The first kappa shape index (κ1) is 32.6. The molecule has 11 nitrogen and oxygen atoms in total.